The summed E-state index contributed by atoms with van der Waals surface area (Å²) in [5, 5.41) is -0.576. The zero-order valence-electron chi connectivity index (χ0n) is 5.36. The maximum atomic E-state index is 5.34. The molecule has 0 aliphatic carbocycles. The topological polar surface area (TPSA) is 9.23 Å². The summed E-state index contributed by atoms with van der Waals surface area (Å²) in [6.07, 6.45) is 2.49. The summed E-state index contributed by atoms with van der Waals surface area (Å²) in [7, 11) is 0. The Hall–Kier alpha value is 1.34. The van der Waals surface area contributed by atoms with Gasteiger partial charge in [-0.15, -0.1) is 0 Å². The van der Waals surface area contributed by atoms with E-state index in [1.54, 1.807) is 0 Å². The molecule has 54 valence electrons. The summed E-state index contributed by atoms with van der Waals surface area (Å²) >= 11 is 10.0. The first-order valence-electron chi connectivity index (χ1n) is 2.94. The Morgan fingerprint density at radius 1 is 1.56 bits per heavy atom. The number of alkyl halides is 2. The second kappa shape index (κ2) is 7.45. The van der Waals surface area contributed by atoms with Gasteiger partial charge in [-0.3, -0.25) is 0 Å². The minimum absolute atomic E-state index is 0.576. The Bertz CT molecular complexity index is 60.9. The van der Waals surface area contributed by atoms with Gasteiger partial charge >= 0.3 is 77.1 Å². The molecule has 0 aromatic carbocycles. The Balaban J connectivity index is 2.75. The van der Waals surface area contributed by atoms with Crippen LogP contribution in [0.4, 0.5) is 0 Å². The monoisotopic (exact) mass is 276 g/mol. The molecule has 2 radical (unpaired) electrons. The molecule has 0 amide bonds. The fourth-order valence-corrected chi connectivity index (χ4v) is 3.33. The van der Waals surface area contributed by atoms with Gasteiger partial charge < -0.3 is 0 Å². The van der Waals surface area contributed by atoms with Crippen LogP contribution < -0.4 is 0 Å². The van der Waals surface area contributed by atoms with Crippen molar-refractivity contribution in [3.8, 4) is 0 Å². The van der Waals surface area contributed by atoms with Gasteiger partial charge in [0, 0.05) is 0 Å². The van der Waals surface area contributed by atoms with Gasteiger partial charge in [-0.05, 0) is 0 Å². The fraction of sp³-hybridized carbons (Fsp3) is 1.00. The first-order valence-corrected chi connectivity index (χ1v) is 6.99. The quantitative estimate of drug-likeness (QED) is 0.426. The maximum absolute atomic E-state index is 5.34. The number of halogens is 2. The SMILES string of the molecule is CCC[CH2][Sn][O]C(Cl)Cl. The number of hydrogen-bond acceptors (Lipinski definition) is 1. The van der Waals surface area contributed by atoms with Crippen LogP contribution in [0, 0.1) is 0 Å². The van der Waals surface area contributed by atoms with E-state index in [0.717, 1.165) is 0 Å². The van der Waals surface area contributed by atoms with Gasteiger partial charge in [0.2, 0.25) is 0 Å². The van der Waals surface area contributed by atoms with E-state index in [1.807, 2.05) is 0 Å². The Kier molecular flexibility index (Phi) is 8.55. The van der Waals surface area contributed by atoms with Crippen LogP contribution in [0.3, 0.4) is 0 Å². The van der Waals surface area contributed by atoms with E-state index in [9.17, 15) is 0 Å². The van der Waals surface area contributed by atoms with E-state index in [1.165, 1.54) is 17.3 Å². The summed E-state index contributed by atoms with van der Waals surface area (Å²) in [6.45, 7) is 2.16. The van der Waals surface area contributed by atoms with E-state index in [2.05, 4.69) is 6.92 Å². The molecule has 0 aliphatic rings. The van der Waals surface area contributed by atoms with Gasteiger partial charge in [0.15, 0.2) is 0 Å². The molecule has 1 nitrogen and oxygen atoms in total. The molecule has 0 bridgehead atoms. The molecule has 0 aliphatic heterocycles. The second-order valence-corrected chi connectivity index (χ2v) is 5.57. The number of hydrogen-bond donors (Lipinski definition) is 0. The van der Waals surface area contributed by atoms with Crippen molar-refractivity contribution in [1.29, 1.82) is 0 Å². The van der Waals surface area contributed by atoms with E-state index in [-0.39, 0.29) is 0 Å². The van der Waals surface area contributed by atoms with Gasteiger partial charge in [-0.25, -0.2) is 0 Å². The molecule has 0 aromatic heterocycles. The van der Waals surface area contributed by atoms with Gasteiger partial charge in [-0.2, -0.15) is 0 Å². The first kappa shape index (κ1) is 10.3. The molecule has 0 N–H and O–H groups in total. The molecule has 0 atom stereocenters. The van der Waals surface area contributed by atoms with Gasteiger partial charge in [-0.1, -0.05) is 0 Å². The molecule has 0 saturated heterocycles. The fourth-order valence-electron chi connectivity index (χ4n) is 0.371. The molecule has 0 rings (SSSR count). The molecule has 0 heterocycles. The predicted molar refractivity (Wildman–Crippen MR) is 42.0 cm³/mol. The predicted octanol–water partition coefficient (Wildman–Crippen LogP) is 2.60. The van der Waals surface area contributed by atoms with E-state index in [0.29, 0.717) is 0 Å². The summed E-state index contributed by atoms with van der Waals surface area (Å²) in [6, 6.07) is 0. The van der Waals surface area contributed by atoms with Gasteiger partial charge in [0.25, 0.3) is 0 Å². The van der Waals surface area contributed by atoms with Crippen LogP contribution in [0.15, 0.2) is 0 Å². The third-order valence-electron chi connectivity index (χ3n) is 0.805. The Labute approximate surface area is 76.8 Å². The summed E-state index contributed by atoms with van der Waals surface area (Å²) in [5.74, 6) is 0. The Morgan fingerprint density at radius 3 is 2.67 bits per heavy atom. The molecule has 0 unspecified atom stereocenters. The van der Waals surface area contributed by atoms with Crippen molar-refractivity contribution in [3.05, 3.63) is 0 Å². The molecule has 0 spiro atoms. The van der Waals surface area contributed by atoms with Crippen molar-refractivity contribution in [1.82, 2.24) is 0 Å². The molecule has 0 aromatic rings. The summed E-state index contributed by atoms with van der Waals surface area (Å²) in [4.78, 5) is 0. The zero-order valence-corrected chi connectivity index (χ0v) is 9.73. The van der Waals surface area contributed by atoms with Crippen LogP contribution in [0.25, 0.3) is 0 Å². The van der Waals surface area contributed by atoms with E-state index in [4.69, 9.17) is 26.3 Å². The summed E-state index contributed by atoms with van der Waals surface area (Å²) in [5.41, 5.74) is 0. The molecule has 4 heteroatoms. The molecule has 0 fully saturated rings. The molecular formula is C5H10Cl2OSn. The minimum atomic E-state index is -0.654. The van der Waals surface area contributed by atoms with Crippen LogP contribution in [0.2, 0.25) is 4.44 Å². The van der Waals surface area contributed by atoms with Crippen molar-refractivity contribution in [2.45, 2.75) is 29.2 Å². The van der Waals surface area contributed by atoms with E-state index < -0.39 is 26.6 Å². The summed E-state index contributed by atoms with van der Waals surface area (Å²) < 4.78 is 6.26. The molecule has 9 heavy (non-hydrogen) atoms. The van der Waals surface area contributed by atoms with Gasteiger partial charge in [0.05, 0.1) is 0 Å². The van der Waals surface area contributed by atoms with Crippen molar-refractivity contribution >= 4 is 44.8 Å². The Morgan fingerprint density at radius 2 is 2.22 bits per heavy atom. The third kappa shape index (κ3) is 9.34. The van der Waals surface area contributed by atoms with E-state index >= 15 is 0 Å². The standard InChI is InChI=1S/C4H9.CHCl2O.Sn/c1-3-4-2;2-1(3)4;/h1,3-4H2,2H3;1H;/q;-1;+1. The van der Waals surface area contributed by atoms with Crippen molar-refractivity contribution in [2.75, 3.05) is 0 Å². The van der Waals surface area contributed by atoms with Crippen LogP contribution >= 0.6 is 23.2 Å². The average molecular weight is 276 g/mol. The van der Waals surface area contributed by atoms with Crippen LogP contribution in [0.1, 0.15) is 19.8 Å². The number of unbranched alkanes of at least 4 members (excludes halogenated alkanes) is 1. The molecular weight excluding hydrogens is 266 g/mol. The van der Waals surface area contributed by atoms with Crippen molar-refractivity contribution in [3.63, 3.8) is 0 Å². The number of rotatable bonds is 5. The first-order chi connectivity index (χ1) is 4.27. The van der Waals surface area contributed by atoms with Crippen LogP contribution in [-0.2, 0) is 3.07 Å². The zero-order chi connectivity index (χ0) is 7.11. The third-order valence-corrected chi connectivity index (χ3v) is 4.58. The van der Waals surface area contributed by atoms with Crippen LogP contribution in [-0.4, -0.2) is 26.6 Å². The molecule has 0 saturated carbocycles. The van der Waals surface area contributed by atoms with Crippen molar-refractivity contribution < 1.29 is 3.07 Å². The normalized spacial score (nSPS) is 10.7. The van der Waals surface area contributed by atoms with Gasteiger partial charge in [0.1, 0.15) is 0 Å². The second-order valence-electron chi connectivity index (χ2n) is 1.63. The van der Waals surface area contributed by atoms with Crippen LogP contribution in [0.5, 0.6) is 0 Å². The average Bonchev–Trinajstić information content (AvgIpc) is 1.80. The van der Waals surface area contributed by atoms with Crippen molar-refractivity contribution in [2.24, 2.45) is 0 Å².